The van der Waals surface area contributed by atoms with Crippen molar-refractivity contribution in [1.82, 2.24) is 10.6 Å². The number of carbonyl (C=O) groups is 1. The fourth-order valence-corrected chi connectivity index (χ4v) is 2.91. The quantitative estimate of drug-likeness (QED) is 0.312. The Hall–Kier alpha value is 0.120. The molecule has 0 aliphatic rings. The summed E-state index contributed by atoms with van der Waals surface area (Å²) in [5.41, 5.74) is 0.332. The SMILES string of the molecule is CC(C)C(=O)N[C@H](NC(=S)Nc1c(Cl)cc(Cl)cc1Cl)C(Cl)(Cl)Cl. The highest BCUT2D eigenvalue weighted by Crippen LogP contribution is 2.34. The molecule has 1 atom stereocenters. The number of thiocarbonyl (C=S) groups is 1. The van der Waals surface area contributed by atoms with Crippen molar-refractivity contribution in [2.75, 3.05) is 5.32 Å². The van der Waals surface area contributed by atoms with Crippen LogP contribution in [0.25, 0.3) is 0 Å². The molecule has 0 radical (unpaired) electrons. The second kappa shape index (κ2) is 9.17. The lowest BCUT2D eigenvalue weighted by Gasteiger charge is -2.28. The van der Waals surface area contributed by atoms with Gasteiger partial charge in [-0.15, -0.1) is 0 Å². The van der Waals surface area contributed by atoms with Gasteiger partial charge in [-0.05, 0) is 24.4 Å². The number of anilines is 1. The zero-order chi connectivity index (χ0) is 18.7. The molecule has 24 heavy (non-hydrogen) atoms. The van der Waals surface area contributed by atoms with Crippen molar-refractivity contribution in [2.45, 2.75) is 23.8 Å². The molecule has 11 heteroatoms. The molecule has 0 saturated carbocycles. The molecule has 0 fully saturated rings. The summed E-state index contributed by atoms with van der Waals surface area (Å²) < 4.78 is -1.84. The standard InChI is InChI=1S/C13H13Cl6N3OS/c1-5(2)10(23)21-11(13(17,18)19)22-12(24)20-9-7(15)3-6(14)4-8(9)16/h3-5,11H,1-2H3,(H,21,23)(H2,20,22,24)/t11-/m1/s1. The number of alkyl halides is 3. The van der Waals surface area contributed by atoms with Gasteiger partial charge in [-0.1, -0.05) is 83.5 Å². The molecule has 0 unspecified atom stereocenters. The summed E-state index contributed by atoms with van der Waals surface area (Å²) in [4.78, 5) is 11.8. The van der Waals surface area contributed by atoms with Gasteiger partial charge in [0.1, 0.15) is 6.17 Å². The van der Waals surface area contributed by atoms with Gasteiger partial charge in [0.05, 0.1) is 15.7 Å². The van der Waals surface area contributed by atoms with Crippen molar-refractivity contribution < 1.29 is 4.79 Å². The summed E-state index contributed by atoms with van der Waals surface area (Å²) >= 11 is 40.8. The van der Waals surface area contributed by atoms with E-state index in [-0.39, 0.29) is 27.0 Å². The van der Waals surface area contributed by atoms with Gasteiger partial charge in [-0.25, -0.2) is 0 Å². The lowest BCUT2D eigenvalue weighted by atomic mass is 10.2. The molecule has 0 saturated heterocycles. The zero-order valence-corrected chi connectivity index (χ0v) is 17.7. The molecule has 1 rings (SSSR count). The van der Waals surface area contributed by atoms with E-state index in [1.807, 2.05) is 0 Å². The summed E-state index contributed by atoms with van der Waals surface area (Å²) in [5.74, 6) is -0.618. The van der Waals surface area contributed by atoms with Gasteiger partial charge in [0, 0.05) is 10.9 Å². The Kier molecular flexibility index (Phi) is 8.47. The molecular formula is C13H13Cl6N3OS. The first kappa shape index (κ1) is 22.2. The van der Waals surface area contributed by atoms with Crippen molar-refractivity contribution in [1.29, 1.82) is 0 Å². The molecule has 0 spiro atoms. The second-order valence-corrected chi connectivity index (χ2v) is 9.01. The van der Waals surface area contributed by atoms with Crippen LogP contribution in [0.3, 0.4) is 0 Å². The van der Waals surface area contributed by atoms with Crippen molar-refractivity contribution in [3.8, 4) is 0 Å². The Morgan fingerprint density at radius 1 is 1.08 bits per heavy atom. The minimum Gasteiger partial charge on any atom is -0.339 e. The first-order chi connectivity index (χ1) is 10.9. The lowest BCUT2D eigenvalue weighted by molar-refractivity contribution is -0.124. The molecule has 0 heterocycles. The molecule has 0 aliphatic carbocycles. The third-order valence-corrected chi connectivity index (χ3v) is 4.35. The smallest absolute Gasteiger partial charge is 0.228 e. The van der Waals surface area contributed by atoms with Crippen LogP contribution < -0.4 is 16.0 Å². The maximum Gasteiger partial charge on any atom is 0.228 e. The van der Waals surface area contributed by atoms with Gasteiger partial charge in [0.2, 0.25) is 9.70 Å². The predicted octanol–water partition coefficient (Wildman–Crippen LogP) is 5.40. The van der Waals surface area contributed by atoms with E-state index in [9.17, 15) is 4.79 Å². The molecule has 3 N–H and O–H groups in total. The molecule has 1 aromatic carbocycles. The average Bonchev–Trinajstić information content (AvgIpc) is 2.40. The number of nitrogens with one attached hydrogen (secondary N) is 3. The van der Waals surface area contributed by atoms with Crippen LogP contribution in [0.15, 0.2) is 12.1 Å². The van der Waals surface area contributed by atoms with Gasteiger partial charge >= 0.3 is 0 Å². The number of amides is 1. The molecule has 4 nitrogen and oxygen atoms in total. The number of rotatable bonds is 4. The molecule has 0 aliphatic heterocycles. The fraction of sp³-hybridized carbons (Fsp3) is 0.385. The molecule has 0 bridgehead atoms. The normalized spacial score (nSPS) is 12.7. The number of halogens is 6. The highest BCUT2D eigenvalue weighted by Gasteiger charge is 2.35. The predicted molar refractivity (Wildman–Crippen MR) is 108 cm³/mol. The molecule has 134 valence electrons. The van der Waals surface area contributed by atoms with Gasteiger partial charge in [-0.3, -0.25) is 4.79 Å². The molecule has 1 amide bonds. The van der Waals surface area contributed by atoms with E-state index in [1.165, 1.54) is 12.1 Å². The Morgan fingerprint density at radius 3 is 2.00 bits per heavy atom. The van der Waals surface area contributed by atoms with E-state index >= 15 is 0 Å². The van der Waals surface area contributed by atoms with Crippen LogP contribution >= 0.6 is 81.8 Å². The fourth-order valence-electron chi connectivity index (χ4n) is 1.45. The average molecular weight is 472 g/mol. The van der Waals surface area contributed by atoms with Gasteiger partial charge in [0.25, 0.3) is 0 Å². The van der Waals surface area contributed by atoms with Crippen molar-refractivity contribution in [2.24, 2.45) is 5.92 Å². The lowest BCUT2D eigenvalue weighted by Crippen LogP contribution is -2.56. The number of hydrogen-bond donors (Lipinski definition) is 3. The first-order valence-electron chi connectivity index (χ1n) is 6.51. The zero-order valence-electron chi connectivity index (χ0n) is 12.4. The summed E-state index contributed by atoms with van der Waals surface area (Å²) in [7, 11) is 0. The summed E-state index contributed by atoms with van der Waals surface area (Å²) in [6.07, 6.45) is -1.07. The molecule has 0 aromatic heterocycles. The highest BCUT2D eigenvalue weighted by atomic mass is 35.6. The van der Waals surface area contributed by atoms with Crippen LogP contribution in [-0.4, -0.2) is 21.0 Å². The van der Waals surface area contributed by atoms with E-state index in [0.717, 1.165) is 0 Å². The van der Waals surface area contributed by atoms with Gasteiger partial charge < -0.3 is 16.0 Å². The maximum atomic E-state index is 11.8. The Balaban J connectivity index is 2.88. The van der Waals surface area contributed by atoms with Crippen LogP contribution in [0, 0.1) is 5.92 Å². The van der Waals surface area contributed by atoms with Crippen LogP contribution in [0.4, 0.5) is 5.69 Å². The van der Waals surface area contributed by atoms with Crippen molar-refractivity contribution in [3.63, 3.8) is 0 Å². The van der Waals surface area contributed by atoms with Crippen molar-refractivity contribution >= 4 is 98.5 Å². The molecular weight excluding hydrogens is 459 g/mol. The topological polar surface area (TPSA) is 53.2 Å². The number of carbonyl (C=O) groups excluding carboxylic acids is 1. The van der Waals surface area contributed by atoms with E-state index < -0.39 is 9.96 Å². The Labute approximate surface area is 175 Å². The number of hydrogen-bond acceptors (Lipinski definition) is 2. The first-order valence-corrected chi connectivity index (χ1v) is 9.18. The largest absolute Gasteiger partial charge is 0.339 e. The van der Waals surface area contributed by atoms with Crippen LogP contribution in [0.2, 0.25) is 15.1 Å². The second-order valence-electron chi connectivity index (χ2n) is 4.98. The highest BCUT2D eigenvalue weighted by molar-refractivity contribution is 7.80. The van der Waals surface area contributed by atoms with Gasteiger partial charge in [-0.2, -0.15) is 0 Å². The number of benzene rings is 1. The van der Waals surface area contributed by atoms with E-state index in [2.05, 4.69) is 16.0 Å². The van der Waals surface area contributed by atoms with E-state index in [0.29, 0.717) is 10.7 Å². The Bertz CT molecular complexity index is 612. The van der Waals surface area contributed by atoms with E-state index in [4.69, 9.17) is 81.8 Å². The van der Waals surface area contributed by atoms with Gasteiger partial charge in [0.15, 0.2) is 5.11 Å². The van der Waals surface area contributed by atoms with Crippen molar-refractivity contribution in [3.05, 3.63) is 27.2 Å². The van der Waals surface area contributed by atoms with Crippen LogP contribution in [0.5, 0.6) is 0 Å². The summed E-state index contributed by atoms with van der Waals surface area (Å²) in [5, 5.41) is 8.97. The van der Waals surface area contributed by atoms with E-state index in [1.54, 1.807) is 13.8 Å². The molecule has 1 aromatic rings. The van der Waals surface area contributed by atoms with Crippen LogP contribution in [-0.2, 0) is 4.79 Å². The monoisotopic (exact) mass is 469 g/mol. The van der Waals surface area contributed by atoms with Crippen LogP contribution in [0.1, 0.15) is 13.8 Å². The Morgan fingerprint density at radius 2 is 1.58 bits per heavy atom. The minimum atomic E-state index is -1.84. The third kappa shape index (κ3) is 6.79. The summed E-state index contributed by atoms with van der Waals surface area (Å²) in [6.45, 7) is 3.41. The maximum absolute atomic E-state index is 11.8. The third-order valence-electron chi connectivity index (χ3n) is 2.66. The minimum absolute atomic E-state index is 0.0431. The summed E-state index contributed by atoms with van der Waals surface area (Å²) in [6, 6.07) is 2.99.